The summed E-state index contributed by atoms with van der Waals surface area (Å²) in [6, 6.07) is 14.4. The van der Waals surface area contributed by atoms with Crippen molar-refractivity contribution in [3.05, 3.63) is 69.2 Å². The standard InChI is InChI=1S/C21H24BrClN2O2/c1-3-12-24-21(27)15(2)25(14-17-4-8-18(22)9-5-17)20(26)13-16-6-10-19(23)11-7-16/h4-11,15H,3,12-14H2,1-2H3,(H,24,27)/t15-/m1/s1. The topological polar surface area (TPSA) is 49.4 Å². The van der Waals surface area contributed by atoms with Gasteiger partial charge in [-0.25, -0.2) is 0 Å². The molecule has 2 amide bonds. The van der Waals surface area contributed by atoms with Crippen LogP contribution < -0.4 is 5.32 Å². The lowest BCUT2D eigenvalue weighted by Crippen LogP contribution is -2.48. The molecule has 0 fully saturated rings. The van der Waals surface area contributed by atoms with E-state index in [1.807, 2.05) is 43.3 Å². The van der Waals surface area contributed by atoms with E-state index >= 15 is 0 Å². The number of halogens is 2. The number of carbonyl (C=O) groups is 2. The van der Waals surface area contributed by atoms with Gasteiger partial charge in [0.25, 0.3) is 0 Å². The number of amides is 2. The van der Waals surface area contributed by atoms with E-state index in [1.54, 1.807) is 24.0 Å². The lowest BCUT2D eigenvalue weighted by molar-refractivity contribution is -0.140. The molecule has 0 saturated heterocycles. The molecule has 0 aromatic heterocycles. The second-order valence-electron chi connectivity index (χ2n) is 6.42. The van der Waals surface area contributed by atoms with Gasteiger partial charge in [-0.15, -0.1) is 0 Å². The predicted molar refractivity (Wildman–Crippen MR) is 113 cm³/mol. The summed E-state index contributed by atoms with van der Waals surface area (Å²) in [5.41, 5.74) is 1.84. The van der Waals surface area contributed by atoms with Crippen LogP contribution in [-0.4, -0.2) is 29.3 Å². The molecule has 4 nitrogen and oxygen atoms in total. The summed E-state index contributed by atoms with van der Waals surface area (Å²) in [5.74, 6) is -0.238. The van der Waals surface area contributed by atoms with E-state index in [4.69, 9.17) is 11.6 Å². The zero-order valence-electron chi connectivity index (χ0n) is 15.5. The molecule has 0 aliphatic carbocycles. The van der Waals surface area contributed by atoms with Crippen LogP contribution >= 0.6 is 27.5 Å². The van der Waals surface area contributed by atoms with Gasteiger partial charge in [-0.2, -0.15) is 0 Å². The Morgan fingerprint density at radius 1 is 1.07 bits per heavy atom. The summed E-state index contributed by atoms with van der Waals surface area (Å²) in [4.78, 5) is 27.1. The molecule has 1 N–H and O–H groups in total. The first kappa shape index (κ1) is 21.5. The number of rotatable bonds is 8. The maximum Gasteiger partial charge on any atom is 0.242 e. The fourth-order valence-electron chi connectivity index (χ4n) is 2.64. The molecule has 2 aromatic carbocycles. The predicted octanol–water partition coefficient (Wildman–Crippen LogP) is 4.59. The Morgan fingerprint density at radius 3 is 2.26 bits per heavy atom. The third kappa shape index (κ3) is 6.67. The van der Waals surface area contributed by atoms with Crippen LogP contribution in [-0.2, 0) is 22.6 Å². The summed E-state index contributed by atoms with van der Waals surface area (Å²) in [6.45, 7) is 4.74. The van der Waals surface area contributed by atoms with Gasteiger partial charge in [-0.1, -0.05) is 58.7 Å². The van der Waals surface area contributed by atoms with Crippen molar-refractivity contribution in [1.82, 2.24) is 10.2 Å². The van der Waals surface area contributed by atoms with Crippen LogP contribution in [0, 0.1) is 0 Å². The molecule has 2 rings (SSSR count). The molecule has 0 aliphatic rings. The van der Waals surface area contributed by atoms with E-state index < -0.39 is 6.04 Å². The Kier molecular flexibility index (Phi) is 8.32. The lowest BCUT2D eigenvalue weighted by atomic mass is 10.1. The largest absolute Gasteiger partial charge is 0.354 e. The Labute approximate surface area is 174 Å². The van der Waals surface area contributed by atoms with Crippen LogP contribution in [0.1, 0.15) is 31.4 Å². The molecule has 0 bridgehead atoms. The molecular weight excluding hydrogens is 428 g/mol. The fourth-order valence-corrected chi connectivity index (χ4v) is 3.03. The molecule has 1 atom stereocenters. The van der Waals surface area contributed by atoms with Gasteiger partial charge >= 0.3 is 0 Å². The van der Waals surface area contributed by atoms with E-state index in [1.165, 1.54) is 0 Å². The highest BCUT2D eigenvalue weighted by molar-refractivity contribution is 9.10. The first-order valence-corrected chi connectivity index (χ1v) is 10.1. The van der Waals surface area contributed by atoms with Crippen LogP contribution in [0.15, 0.2) is 53.0 Å². The number of carbonyl (C=O) groups excluding carboxylic acids is 2. The van der Waals surface area contributed by atoms with Crippen molar-refractivity contribution < 1.29 is 9.59 Å². The summed E-state index contributed by atoms with van der Waals surface area (Å²) in [5, 5.41) is 3.51. The number of hydrogen-bond acceptors (Lipinski definition) is 2. The number of nitrogens with one attached hydrogen (secondary N) is 1. The smallest absolute Gasteiger partial charge is 0.242 e. The average molecular weight is 452 g/mol. The van der Waals surface area contributed by atoms with Gasteiger partial charge in [-0.3, -0.25) is 9.59 Å². The number of nitrogens with zero attached hydrogens (tertiary/aromatic N) is 1. The molecule has 0 aliphatic heterocycles. The van der Waals surface area contributed by atoms with Crippen LogP contribution in [0.3, 0.4) is 0 Å². The molecule has 0 unspecified atom stereocenters. The van der Waals surface area contributed by atoms with Crippen LogP contribution in [0.5, 0.6) is 0 Å². The van der Waals surface area contributed by atoms with E-state index in [0.717, 1.165) is 22.0 Å². The summed E-state index contributed by atoms with van der Waals surface area (Å²) in [6.07, 6.45) is 1.07. The molecular formula is C21H24BrClN2O2. The highest BCUT2D eigenvalue weighted by Gasteiger charge is 2.26. The zero-order valence-corrected chi connectivity index (χ0v) is 17.9. The van der Waals surface area contributed by atoms with Crippen molar-refractivity contribution in [2.45, 2.75) is 39.3 Å². The molecule has 2 aromatic rings. The van der Waals surface area contributed by atoms with Crippen molar-refractivity contribution in [1.29, 1.82) is 0 Å². The van der Waals surface area contributed by atoms with Crippen molar-refractivity contribution in [2.24, 2.45) is 0 Å². The first-order chi connectivity index (χ1) is 12.9. The SMILES string of the molecule is CCCNC(=O)[C@@H](C)N(Cc1ccc(Br)cc1)C(=O)Cc1ccc(Cl)cc1. The van der Waals surface area contributed by atoms with Crippen molar-refractivity contribution in [3.8, 4) is 0 Å². The zero-order chi connectivity index (χ0) is 19.8. The van der Waals surface area contributed by atoms with Gasteiger partial charge in [0.05, 0.1) is 6.42 Å². The Morgan fingerprint density at radius 2 is 1.67 bits per heavy atom. The minimum Gasteiger partial charge on any atom is -0.354 e. The fraction of sp³-hybridized carbons (Fsp3) is 0.333. The second-order valence-corrected chi connectivity index (χ2v) is 7.77. The highest BCUT2D eigenvalue weighted by atomic mass is 79.9. The minimum atomic E-state index is -0.556. The van der Waals surface area contributed by atoms with Crippen LogP contribution in [0.25, 0.3) is 0 Å². The van der Waals surface area contributed by atoms with Gasteiger partial charge in [0.2, 0.25) is 11.8 Å². The van der Waals surface area contributed by atoms with Crippen molar-refractivity contribution in [2.75, 3.05) is 6.54 Å². The maximum atomic E-state index is 13.0. The molecule has 27 heavy (non-hydrogen) atoms. The van der Waals surface area contributed by atoms with Crippen LogP contribution in [0.2, 0.25) is 5.02 Å². The molecule has 6 heteroatoms. The minimum absolute atomic E-state index is 0.0978. The van der Waals surface area contributed by atoms with Crippen molar-refractivity contribution in [3.63, 3.8) is 0 Å². The normalized spacial score (nSPS) is 11.7. The molecule has 0 radical (unpaired) electrons. The Bertz CT molecular complexity index is 763. The highest BCUT2D eigenvalue weighted by Crippen LogP contribution is 2.16. The lowest BCUT2D eigenvalue weighted by Gasteiger charge is -2.29. The molecule has 0 heterocycles. The number of benzene rings is 2. The molecule has 0 spiro atoms. The molecule has 0 saturated carbocycles. The van der Waals surface area contributed by atoms with Gasteiger partial charge in [0, 0.05) is 22.6 Å². The van der Waals surface area contributed by atoms with Gasteiger partial charge in [0.15, 0.2) is 0 Å². The third-order valence-electron chi connectivity index (χ3n) is 4.25. The average Bonchev–Trinajstić information content (AvgIpc) is 2.66. The van der Waals surface area contributed by atoms with E-state index in [-0.39, 0.29) is 18.2 Å². The first-order valence-electron chi connectivity index (χ1n) is 8.96. The summed E-state index contributed by atoms with van der Waals surface area (Å²) >= 11 is 9.34. The third-order valence-corrected chi connectivity index (χ3v) is 5.03. The summed E-state index contributed by atoms with van der Waals surface area (Å²) < 4.78 is 0.971. The van der Waals surface area contributed by atoms with E-state index in [2.05, 4.69) is 21.2 Å². The summed E-state index contributed by atoms with van der Waals surface area (Å²) in [7, 11) is 0. The van der Waals surface area contributed by atoms with Gasteiger partial charge in [-0.05, 0) is 48.7 Å². The van der Waals surface area contributed by atoms with Gasteiger partial charge in [0.1, 0.15) is 6.04 Å². The molecule has 144 valence electrons. The van der Waals surface area contributed by atoms with E-state index in [9.17, 15) is 9.59 Å². The monoisotopic (exact) mass is 450 g/mol. The Balaban J connectivity index is 2.18. The van der Waals surface area contributed by atoms with E-state index in [0.29, 0.717) is 18.1 Å². The van der Waals surface area contributed by atoms with Crippen molar-refractivity contribution >= 4 is 39.3 Å². The Hall–Kier alpha value is -1.85. The van der Waals surface area contributed by atoms with Crippen LogP contribution in [0.4, 0.5) is 0 Å². The second kappa shape index (κ2) is 10.5. The van der Waals surface area contributed by atoms with Gasteiger partial charge < -0.3 is 10.2 Å². The number of hydrogen-bond donors (Lipinski definition) is 1. The quantitative estimate of drug-likeness (QED) is 0.638. The maximum absolute atomic E-state index is 13.0.